The zero-order valence-corrected chi connectivity index (χ0v) is 23.1. The van der Waals surface area contributed by atoms with Gasteiger partial charge in [0.2, 0.25) is 0 Å². The van der Waals surface area contributed by atoms with E-state index in [-0.39, 0.29) is 18.9 Å². The Kier molecular flexibility index (Phi) is 27.7. The monoisotopic (exact) mass is 577 g/mol. The number of nitrogens with zero attached hydrogens (tertiary/aromatic N) is 1. The van der Waals surface area contributed by atoms with Crippen molar-refractivity contribution in [1.29, 1.82) is 0 Å². The number of rotatable bonds is 11. The van der Waals surface area contributed by atoms with Gasteiger partial charge in [-0.15, -0.1) is 0 Å². The Balaban J connectivity index is -0.000000130. The number of quaternary nitrogens is 1. The van der Waals surface area contributed by atoms with Gasteiger partial charge in [-0.1, -0.05) is 20.8 Å². The number of carbonyl (C=O) groups excluding carboxylic acids is 1. The Morgan fingerprint density at radius 2 is 1.15 bits per heavy atom. The summed E-state index contributed by atoms with van der Waals surface area (Å²) >= 11 is 0. The van der Waals surface area contributed by atoms with E-state index in [0.29, 0.717) is 0 Å². The molecule has 2 unspecified atom stereocenters. The number of carboxylic acid groups (broad SMARTS) is 6. The van der Waals surface area contributed by atoms with Crippen LogP contribution in [-0.2, 0) is 28.8 Å². The minimum Gasteiger partial charge on any atom is -0.547 e. The Hall–Kier alpha value is -3.38. The van der Waals surface area contributed by atoms with Crippen LogP contribution >= 0.6 is 0 Å². The summed E-state index contributed by atoms with van der Waals surface area (Å²) in [5.74, 6) is -8.69. The van der Waals surface area contributed by atoms with E-state index in [2.05, 4.69) is 21.1 Å². The summed E-state index contributed by atoms with van der Waals surface area (Å²) in [7, 11) is 6.16. The summed E-state index contributed by atoms with van der Waals surface area (Å²) in [6, 6.07) is 0. The molecular formula is C22H43NO16. The maximum absolute atomic E-state index is 10.2. The van der Waals surface area contributed by atoms with Gasteiger partial charge < -0.3 is 60.3 Å². The second-order valence-electron chi connectivity index (χ2n) is 9.01. The first-order chi connectivity index (χ1) is 17.3. The topological polar surface area (TPSA) is 308 Å². The molecule has 0 bridgehead atoms. The summed E-state index contributed by atoms with van der Waals surface area (Å²) in [4.78, 5) is 58.9. The summed E-state index contributed by atoms with van der Waals surface area (Å²) in [5.41, 5.74) is -2.85. The molecule has 0 rings (SSSR count). The Morgan fingerprint density at radius 3 is 1.21 bits per heavy atom. The highest BCUT2D eigenvalue weighted by Gasteiger charge is 2.34. The van der Waals surface area contributed by atoms with Crippen molar-refractivity contribution >= 4 is 35.8 Å². The van der Waals surface area contributed by atoms with Crippen molar-refractivity contribution in [3.05, 3.63) is 0 Å². The maximum atomic E-state index is 10.2. The summed E-state index contributed by atoms with van der Waals surface area (Å²) < 4.78 is 0.844. The number of aliphatic hydroxyl groups excluding tert-OH is 3. The molecule has 0 saturated heterocycles. The van der Waals surface area contributed by atoms with Gasteiger partial charge in [-0.2, -0.15) is 0 Å². The fourth-order valence-electron chi connectivity index (χ4n) is 1.47. The van der Waals surface area contributed by atoms with E-state index in [0.717, 1.165) is 18.0 Å². The smallest absolute Gasteiger partial charge is 0.332 e. The molecule has 0 aromatic heterocycles. The molecule has 0 radical (unpaired) electrons. The highest BCUT2D eigenvalue weighted by molar-refractivity contribution is 5.86. The number of hydrogen-bond acceptors (Lipinski definition) is 11. The van der Waals surface area contributed by atoms with Crippen LogP contribution in [0.25, 0.3) is 0 Å². The van der Waals surface area contributed by atoms with Crippen molar-refractivity contribution in [3.8, 4) is 0 Å². The first kappa shape index (κ1) is 45.5. The predicted molar refractivity (Wildman–Crippen MR) is 130 cm³/mol. The number of carboxylic acids is 6. The Labute approximate surface area is 225 Å². The number of likely N-dealkylation sites (N-methyl/N-ethyl adjacent to an activating group) is 1. The Morgan fingerprint density at radius 1 is 0.821 bits per heavy atom. The minimum atomic E-state index is -2.85. The zero-order chi connectivity index (χ0) is 32.7. The lowest BCUT2D eigenvalue weighted by Gasteiger charge is -2.25. The van der Waals surface area contributed by atoms with Crippen LogP contribution in [0.1, 0.15) is 47.0 Å². The normalized spacial score (nSPS) is 11.7. The molecule has 0 amide bonds. The molecule has 0 aliphatic carbocycles. The third-order valence-electron chi connectivity index (χ3n) is 3.59. The second kappa shape index (κ2) is 23.7. The average molecular weight is 578 g/mol. The van der Waals surface area contributed by atoms with Crippen molar-refractivity contribution in [2.45, 2.75) is 64.8 Å². The van der Waals surface area contributed by atoms with E-state index in [1.165, 1.54) is 0 Å². The molecule has 0 saturated carbocycles. The van der Waals surface area contributed by atoms with E-state index in [1.54, 1.807) is 20.8 Å². The molecule has 0 heterocycles. The fraction of sp³-hybridized carbons (Fsp3) is 0.727. The van der Waals surface area contributed by atoms with Crippen molar-refractivity contribution in [3.63, 3.8) is 0 Å². The van der Waals surface area contributed by atoms with Crippen LogP contribution in [0.3, 0.4) is 0 Å². The van der Waals surface area contributed by atoms with E-state index >= 15 is 0 Å². The third-order valence-corrected chi connectivity index (χ3v) is 3.59. The highest BCUT2D eigenvalue weighted by atomic mass is 16.4. The Bertz CT molecular complexity index is 725. The standard InChI is InChI=1S/C6H8O7.C5H14NO.C5H10O3.C4H8O3.C2H4O2/c7-3(8)1-6(13,5(11)12)2-4(9)10;1-6(2,3)4-5-7;1-3(2)4(6)5(7)8;1-2-3(5)4(6)7;1-2(3)4/h13H,1-2H2,(H,7,8)(H,9,10)(H,11,12);7H,4-5H2,1-3H3;3-4,6H,1-2H3,(H,7,8);3,5H,2H2,1H3,(H,6,7);1H3,(H,3,4)/q;+1;;;/p-1. The van der Waals surface area contributed by atoms with Crippen LogP contribution in [0.5, 0.6) is 0 Å². The third kappa shape index (κ3) is 39.3. The SMILES string of the molecule is CC(=O)O.CC(C)C(O)C(=O)O.CCC(O)C(=O)O.C[N+](C)(C)CCO.O=C(O)CC(O)(CC(=O)O)C(=O)[O-]. The van der Waals surface area contributed by atoms with Crippen LogP contribution in [0.2, 0.25) is 0 Å². The van der Waals surface area contributed by atoms with E-state index in [1.807, 2.05) is 0 Å². The summed E-state index contributed by atoms with van der Waals surface area (Å²) in [6.45, 7) is 7.11. The minimum absolute atomic E-state index is 0.201. The predicted octanol–water partition coefficient (Wildman–Crippen LogP) is -2.88. The van der Waals surface area contributed by atoms with E-state index in [9.17, 15) is 29.1 Å². The van der Waals surface area contributed by atoms with Crippen LogP contribution < -0.4 is 5.11 Å². The van der Waals surface area contributed by atoms with Gasteiger partial charge in [-0.25, -0.2) is 9.59 Å². The molecule has 0 aromatic rings. The first-order valence-corrected chi connectivity index (χ1v) is 11.1. The van der Waals surface area contributed by atoms with Gasteiger partial charge in [0.05, 0.1) is 46.6 Å². The van der Waals surface area contributed by atoms with Gasteiger partial charge >= 0.3 is 23.9 Å². The van der Waals surface area contributed by atoms with Crippen LogP contribution in [0, 0.1) is 5.92 Å². The van der Waals surface area contributed by atoms with Crippen LogP contribution in [0.15, 0.2) is 0 Å². The second-order valence-corrected chi connectivity index (χ2v) is 9.01. The van der Waals surface area contributed by atoms with Gasteiger partial charge in [0.1, 0.15) is 12.1 Å². The molecule has 232 valence electrons. The lowest BCUT2D eigenvalue weighted by Crippen LogP contribution is -2.51. The molecule has 39 heavy (non-hydrogen) atoms. The molecule has 17 heteroatoms. The highest BCUT2D eigenvalue weighted by Crippen LogP contribution is 2.14. The molecule has 2 atom stereocenters. The average Bonchev–Trinajstić information content (AvgIpc) is 2.71. The van der Waals surface area contributed by atoms with Gasteiger partial charge in [-0.05, 0) is 12.3 Å². The zero-order valence-electron chi connectivity index (χ0n) is 23.1. The van der Waals surface area contributed by atoms with Crippen molar-refractivity contribution in [2.24, 2.45) is 5.92 Å². The molecular weight excluding hydrogens is 534 g/mol. The molecule has 0 aliphatic heterocycles. The van der Waals surface area contributed by atoms with Crippen LogP contribution in [0.4, 0.5) is 0 Å². The van der Waals surface area contributed by atoms with Gasteiger partial charge in [0.25, 0.3) is 5.97 Å². The van der Waals surface area contributed by atoms with E-state index < -0.39 is 66.5 Å². The number of aliphatic hydroxyl groups is 4. The molecule has 0 aliphatic rings. The number of hydrogen-bond donors (Lipinski definition) is 9. The number of aliphatic carboxylic acids is 6. The summed E-state index contributed by atoms with van der Waals surface area (Å²) in [5, 5.41) is 84.3. The van der Waals surface area contributed by atoms with Crippen LogP contribution in [-0.4, -0.2) is 138 Å². The lowest BCUT2D eigenvalue weighted by atomic mass is 9.96. The van der Waals surface area contributed by atoms with Crippen molar-refractivity contribution < 1.29 is 84.3 Å². The lowest BCUT2D eigenvalue weighted by molar-refractivity contribution is -0.870. The fourth-order valence-corrected chi connectivity index (χ4v) is 1.47. The van der Waals surface area contributed by atoms with Gasteiger partial charge in [0, 0.05) is 6.92 Å². The van der Waals surface area contributed by atoms with Crippen molar-refractivity contribution in [1.82, 2.24) is 0 Å². The maximum Gasteiger partial charge on any atom is 0.332 e. The molecule has 17 nitrogen and oxygen atoms in total. The molecule has 9 N–H and O–H groups in total. The largest absolute Gasteiger partial charge is 0.547 e. The molecule has 0 fully saturated rings. The molecule has 0 aromatic carbocycles. The van der Waals surface area contributed by atoms with Gasteiger partial charge in [0.15, 0.2) is 12.2 Å². The number of carbonyl (C=O) groups is 6. The van der Waals surface area contributed by atoms with Gasteiger partial charge in [-0.3, -0.25) is 14.4 Å². The van der Waals surface area contributed by atoms with Crippen molar-refractivity contribution in [2.75, 3.05) is 34.3 Å². The summed E-state index contributed by atoms with van der Waals surface area (Å²) in [6.07, 6.45) is -4.53. The first-order valence-electron chi connectivity index (χ1n) is 11.1. The molecule has 0 spiro atoms. The quantitative estimate of drug-likeness (QED) is 0.111. The van der Waals surface area contributed by atoms with E-state index in [4.69, 9.17) is 50.8 Å².